The van der Waals surface area contributed by atoms with Crippen LogP contribution in [0.2, 0.25) is 0 Å². The third-order valence-electron chi connectivity index (χ3n) is 2.66. The van der Waals surface area contributed by atoms with E-state index in [1.54, 1.807) is 12.1 Å². The molecule has 7 nitrogen and oxygen atoms in total. The van der Waals surface area contributed by atoms with Crippen LogP contribution < -0.4 is 5.32 Å². The van der Waals surface area contributed by atoms with E-state index in [1.165, 1.54) is 25.6 Å². The smallest absolute Gasteiger partial charge is 0.341 e. The molecular weight excluding hydrogens is 296 g/mol. The average Bonchev–Trinajstić information content (AvgIpc) is 2.92. The van der Waals surface area contributed by atoms with E-state index in [-0.39, 0.29) is 5.03 Å². The lowest BCUT2D eigenvalue weighted by Crippen LogP contribution is -2.03. The summed E-state index contributed by atoms with van der Waals surface area (Å²) in [7, 11) is -2.01. The molecule has 112 valence electrons. The van der Waals surface area contributed by atoms with Gasteiger partial charge >= 0.3 is 5.97 Å². The van der Waals surface area contributed by atoms with Gasteiger partial charge in [0.2, 0.25) is 0 Å². The molecule has 0 aliphatic rings. The van der Waals surface area contributed by atoms with Crippen molar-refractivity contribution in [1.29, 1.82) is 0 Å². The summed E-state index contributed by atoms with van der Waals surface area (Å²) < 4.78 is 32.3. The molecule has 0 spiro atoms. The Morgan fingerprint density at radius 3 is 2.76 bits per heavy atom. The third kappa shape index (κ3) is 3.82. The molecule has 0 radical (unpaired) electrons. The van der Waals surface area contributed by atoms with Crippen LogP contribution in [0.15, 0.2) is 40.1 Å². The van der Waals surface area contributed by atoms with Crippen molar-refractivity contribution in [1.82, 2.24) is 4.98 Å². The molecule has 0 saturated heterocycles. The Kier molecular flexibility index (Phi) is 4.27. The van der Waals surface area contributed by atoms with Crippen molar-refractivity contribution in [3.05, 3.63) is 42.0 Å². The summed E-state index contributed by atoms with van der Waals surface area (Å²) in [4.78, 5) is 15.1. The molecular formula is C13H14N2O5S. The average molecular weight is 310 g/mol. The second-order valence-corrected chi connectivity index (χ2v) is 6.27. The lowest BCUT2D eigenvalue weighted by molar-refractivity contribution is 0.0600. The maximum absolute atomic E-state index is 11.3. The zero-order valence-electron chi connectivity index (χ0n) is 11.5. The fourth-order valence-electron chi connectivity index (χ4n) is 1.59. The number of ether oxygens (including phenoxy) is 1. The fourth-order valence-corrected chi connectivity index (χ4v) is 2.15. The van der Waals surface area contributed by atoms with E-state index in [9.17, 15) is 13.2 Å². The molecule has 2 rings (SSSR count). The monoisotopic (exact) mass is 310 g/mol. The van der Waals surface area contributed by atoms with Gasteiger partial charge in [0.25, 0.3) is 0 Å². The fraction of sp³-hybridized carbons (Fsp3) is 0.231. The van der Waals surface area contributed by atoms with Crippen molar-refractivity contribution >= 4 is 21.5 Å². The Labute approximate surface area is 121 Å². The van der Waals surface area contributed by atoms with E-state index in [2.05, 4.69) is 15.0 Å². The summed E-state index contributed by atoms with van der Waals surface area (Å²) >= 11 is 0. The second kappa shape index (κ2) is 5.96. The van der Waals surface area contributed by atoms with Crippen LogP contribution in [-0.2, 0) is 21.1 Å². The number of anilines is 1. The Bertz CT molecular complexity index is 734. The number of esters is 1. The maximum Gasteiger partial charge on any atom is 0.341 e. The summed E-state index contributed by atoms with van der Waals surface area (Å²) in [6.07, 6.45) is 3.83. The molecule has 8 heteroatoms. The lowest BCUT2D eigenvalue weighted by atomic mass is 10.3. The van der Waals surface area contributed by atoms with Crippen LogP contribution in [-0.4, -0.2) is 32.7 Å². The van der Waals surface area contributed by atoms with Crippen molar-refractivity contribution in [2.24, 2.45) is 0 Å². The number of sulfone groups is 1. The van der Waals surface area contributed by atoms with Gasteiger partial charge in [-0.3, -0.25) is 0 Å². The number of nitrogens with zero attached hydrogens (tertiary/aromatic N) is 1. The Morgan fingerprint density at radius 2 is 2.19 bits per heavy atom. The third-order valence-corrected chi connectivity index (χ3v) is 3.66. The molecule has 0 amide bonds. The normalized spacial score (nSPS) is 11.1. The first-order valence-electron chi connectivity index (χ1n) is 5.96. The van der Waals surface area contributed by atoms with Crippen LogP contribution in [0, 0.1) is 0 Å². The SMILES string of the molecule is COC(=O)c1coc(CNc2ccc(S(C)(=O)=O)nc2)c1. The molecule has 0 bridgehead atoms. The van der Waals surface area contributed by atoms with Crippen LogP contribution in [0.5, 0.6) is 0 Å². The van der Waals surface area contributed by atoms with Crippen molar-refractivity contribution in [2.75, 3.05) is 18.7 Å². The predicted octanol–water partition coefficient (Wildman–Crippen LogP) is 1.48. The van der Waals surface area contributed by atoms with Crippen molar-refractivity contribution in [2.45, 2.75) is 11.6 Å². The molecule has 2 heterocycles. The molecule has 0 saturated carbocycles. The van der Waals surface area contributed by atoms with E-state index >= 15 is 0 Å². The Balaban J connectivity index is 2.00. The number of carbonyl (C=O) groups is 1. The molecule has 0 fully saturated rings. The number of carbonyl (C=O) groups excluding carboxylic acids is 1. The van der Waals surface area contributed by atoms with Crippen molar-refractivity contribution in [3.8, 4) is 0 Å². The van der Waals surface area contributed by atoms with Crippen molar-refractivity contribution < 1.29 is 22.4 Å². The van der Waals surface area contributed by atoms with Gasteiger partial charge in [0.1, 0.15) is 12.0 Å². The zero-order valence-corrected chi connectivity index (χ0v) is 12.3. The molecule has 2 aromatic heterocycles. The first-order valence-corrected chi connectivity index (χ1v) is 7.85. The first kappa shape index (κ1) is 15.0. The number of hydrogen-bond donors (Lipinski definition) is 1. The van der Waals surface area contributed by atoms with Crippen LogP contribution in [0.1, 0.15) is 16.1 Å². The number of rotatable bonds is 5. The number of pyridine rings is 1. The molecule has 0 aliphatic heterocycles. The Morgan fingerprint density at radius 1 is 1.43 bits per heavy atom. The van der Waals surface area contributed by atoms with Crippen LogP contribution in [0.3, 0.4) is 0 Å². The molecule has 0 aromatic carbocycles. The van der Waals surface area contributed by atoms with E-state index in [0.29, 0.717) is 23.6 Å². The van der Waals surface area contributed by atoms with Crippen LogP contribution in [0.25, 0.3) is 0 Å². The maximum atomic E-state index is 11.3. The Hall–Kier alpha value is -2.35. The van der Waals surface area contributed by atoms with Gasteiger partial charge in [-0.15, -0.1) is 0 Å². The highest BCUT2D eigenvalue weighted by atomic mass is 32.2. The standard InChI is InChI=1S/C13H14N2O5S/c1-19-13(16)9-5-11(20-8-9)7-14-10-3-4-12(15-6-10)21(2,17)18/h3-6,8,14H,7H2,1-2H3. The van der Waals surface area contributed by atoms with E-state index < -0.39 is 15.8 Å². The van der Waals surface area contributed by atoms with E-state index in [1.807, 2.05) is 0 Å². The summed E-state index contributed by atoms with van der Waals surface area (Å²) in [5.74, 6) is 0.0757. The molecule has 0 aliphatic carbocycles. The van der Waals surface area contributed by atoms with Gasteiger partial charge in [0, 0.05) is 6.26 Å². The molecule has 2 aromatic rings. The van der Waals surface area contributed by atoms with Gasteiger partial charge < -0.3 is 14.5 Å². The molecule has 0 unspecified atom stereocenters. The van der Waals surface area contributed by atoms with Gasteiger partial charge in [-0.25, -0.2) is 18.2 Å². The van der Waals surface area contributed by atoms with Gasteiger partial charge in [-0.1, -0.05) is 0 Å². The van der Waals surface area contributed by atoms with Crippen LogP contribution in [0.4, 0.5) is 5.69 Å². The minimum atomic E-state index is -3.30. The predicted molar refractivity (Wildman–Crippen MR) is 74.7 cm³/mol. The number of aromatic nitrogens is 1. The van der Waals surface area contributed by atoms with Gasteiger partial charge in [-0.2, -0.15) is 0 Å². The number of methoxy groups -OCH3 is 1. The second-order valence-electron chi connectivity index (χ2n) is 4.30. The summed E-state index contributed by atoms with van der Waals surface area (Å²) in [6.45, 7) is 0.330. The highest BCUT2D eigenvalue weighted by Crippen LogP contribution is 2.14. The molecule has 0 atom stereocenters. The molecule has 1 N–H and O–H groups in total. The lowest BCUT2D eigenvalue weighted by Gasteiger charge is -2.04. The van der Waals surface area contributed by atoms with E-state index in [0.717, 1.165) is 6.26 Å². The van der Waals surface area contributed by atoms with Gasteiger partial charge in [0.05, 0.1) is 31.1 Å². The quantitative estimate of drug-likeness (QED) is 0.835. The zero-order chi connectivity index (χ0) is 15.5. The van der Waals surface area contributed by atoms with Gasteiger partial charge in [-0.05, 0) is 18.2 Å². The van der Waals surface area contributed by atoms with Crippen LogP contribution >= 0.6 is 0 Å². The number of nitrogens with one attached hydrogen (secondary N) is 1. The van der Waals surface area contributed by atoms with E-state index in [4.69, 9.17) is 4.42 Å². The summed E-state index contributed by atoms with van der Waals surface area (Å²) in [5, 5.41) is 3.02. The first-order chi connectivity index (χ1) is 9.90. The van der Waals surface area contributed by atoms with Gasteiger partial charge in [0.15, 0.2) is 14.9 Å². The van der Waals surface area contributed by atoms with Crippen molar-refractivity contribution in [3.63, 3.8) is 0 Å². The number of furan rings is 1. The topological polar surface area (TPSA) is 98.5 Å². The summed E-state index contributed by atoms with van der Waals surface area (Å²) in [6, 6.07) is 4.59. The minimum Gasteiger partial charge on any atom is -0.467 e. The highest BCUT2D eigenvalue weighted by molar-refractivity contribution is 7.90. The largest absolute Gasteiger partial charge is 0.467 e. The minimum absolute atomic E-state index is 0.0130. The highest BCUT2D eigenvalue weighted by Gasteiger charge is 2.11. The summed E-state index contributed by atoms with van der Waals surface area (Å²) in [5.41, 5.74) is 0.971. The number of hydrogen-bond acceptors (Lipinski definition) is 7. The molecule has 21 heavy (non-hydrogen) atoms.